The lowest BCUT2D eigenvalue weighted by Gasteiger charge is -2.06. The lowest BCUT2D eigenvalue weighted by molar-refractivity contribution is -0.410. The number of hydrogen-bond donors (Lipinski definition) is 3. The summed E-state index contributed by atoms with van der Waals surface area (Å²) in [5.74, 6) is -1.09. The number of aromatic nitrogens is 2. The number of nitrogens with zero attached hydrogens (tertiary/aromatic N) is 1. The van der Waals surface area contributed by atoms with Gasteiger partial charge in [0.25, 0.3) is 5.56 Å². The van der Waals surface area contributed by atoms with Gasteiger partial charge < -0.3 is 10.8 Å². The molecule has 0 spiro atoms. The summed E-state index contributed by atoms with van der Waals surface area (Å²) in [5.41, 5.74) is 2.26. The second kappa shape index (κ2) is 4.57. The van der Waals surface area contributed by atoms with Crippen molar-refractivity contribution in [3.63, 3.8) is 0 Å². The average Bonchev–Trinajstić information content (AvgIpc) is 2.13. The van der Waals surface area contributed by atoms with Gasteiger partial charge in [0.15, 0.2) is 0 Å². The maximum atomic E-state index is 11.2. The maximum absolute atomic E-state index is 11.2. The van der Waals surface area contributed by atoms with Crippen LogP contribution in [-0.2, 0) is 11.3 Å². The number of nitrogens with one attached hydrogen (secondary N) is 1. The van der Waals surface area contributed by atoms with Crippen LogP contribution < -0.4 is 17.0 Å². The highest BCUT2D eigenvalue weighted by Crippen LogP contribution is 1.93. The molecule has 0 aliphatic rings. The monoisotopic (exact) mass is 326 g/mol. The van der Waals surface area contributed by atoms with Crippen molar-refractivity contribution in [2.45, 2.75) is 12.6 Å². The molecule has 0 unspecified atom stereocenters. The Morgan fingerprint density at radius 2 is 2.27 bits per heavy atom. The zero-order chi connectivity index (χ0) is 11.6. The van der Waals surface area contributed by atoms with Crippen molar-refractivity contribution in [1.29, 1.82) is 0 Å². The van der Waals surface area contributed by atoms with Crippen LogP contribution in [0.5, 0.6) is 0 Å². The molecule has 1 aromatic heterocycles. The molecule has 1 aromatic rings. The average molecular weight is 326 g/mol. The van der Waals surface area contributed by atoms with Crippen LogP contribution in [0, 0.1) is 3.57 Å². The van der Waals surface area contributed by atoms with Gasteiger partial charge in [-0.3, -0.25) is 14.3 Å². The lowest BCUT2D eigenvalue weighted by atomic mass is 10.3. The quantitative estimate of drug-likeness (QED) is 0.548. The zero-order valence-electron chi connectivity index (χ0n) is 7.57. The molecule has 0 aromatic carbocycles. The minimum Gasteiger partial charge on any atom is -0.477 e. The number of hydrogen-bond acceptors (Lipinski definition) is 3. The molecule has 0 fully saturated rings. The van der Waals surface area contributed by atoms with Gasteiger partial charge in [0, 0.05) is 6.20 Å². The molecule has 15 heavy (non-hydrogen) atoms. The summed E-state index contributed by atoms with van der Waals surface area (Å²) in [4.78, 5) is 34.8. The summed E-state index contributed by atoms with van der Waals surface area (Å²) < 4.78 is 1.44. The summed E-state index contributed by atoms with van der Waals surface area (Å²) in [6.45, 7) is -0.0685. The molecule has 0 amide bonds. The van der Waals surface area contributed by atoms with Crippen molar-refractivity contribution >= 4 is 28.6 Å². The Hall–Kier alpha value is -1.16. The van der Waals surface area contributed by atoms with E-state index in [4.69, 9.17) is 5.11 Å². The maximum Gasteiger partial charge on any atom is 0.364 e. The van der Waals surface area contributed by atoms with Gasteiger partial charge in [0.1, 0.15) is 0 Å². The molecule has 1 heterocycles. The fourth-order valence-electron chi connectivity index (χ4n) is 0.934. The van der Waals surface area contributed by atoms with Gasteiger partial charge in [-0.1, -0.05) is 0 Å². The molecule has 7 nitrogen and oxygen atoms in total. The van der Waals surface area contributed by atoms with Crippen molar-refractivity contribution in [2.24, 2.45) is 0 Å². The predicted octanol–water partition coefficient (Wildman–Crippen LogP) is -2.16. The van der Waals surface area contributed by atoms with Crippen molar-refractivity contribution in [1.82, 2.24) is 9.55 Å². The highest BCUT2D eigenvalue weighted by molar-refractivity contribution is 14.1. The number of rotatable bonds is 3. The second-order valence-corrected chi connectivity index (χ2v) is 4.09. The Morgan fingerprint density at radius 1 is 1.67 bits per heavy atom. The van der Waals surface area contributed by atoms with E-state index < -0.39 is 23.3 Å². The second-order valence-electron chi connectivity index (χ2n) is 2.92. The van der Waals surface area contributed by atoms with Gasteiger partial charge in [-0.2, -0.15) is 0 Å². The van der Waals surface area contributed by atoms with Crippen molar-refractivity contribution in [3.8, 4) is 0 Å². The van der Waals surface area contributed by atoms with Crippen molar-refractivity contribution in [2.75, 3.05) is 0 Å². The van der Waals surface area contributed by atoms with Gasteiger partial charge in [-0.05, 0) is 22.6 Å². The molecule has 82 valence electrons. The van der Waals surface area contributed by atoms with E-state index >= 15 is 0 Å². The number of H-pyrrole nitrogens is 1. The minimum atomic E-state index is -1.09. The number of carboxylic acids is 1. The SMILES string of the molecule is [NH3+][C@@H](Cn1cc(I)c(=O)[nH]c1=O)C(=O)O. The van der Waals surface area contributed by atoms with Crippen LogP contribution >= 0.6 is 22.6 Å². The van der Waals surface area contributed by atoms with E-state index in [1.807, 2.05) is 0 Å². The Labute approximate surface area is 97.1 Å². The first kappa shape index (κ1) is 11.9. The van der Waals surface area contributed by atoms with Crippen LogP contribution in [0.15, 0.2) is 15.8 Å². The van der Waals surface area contributed by atoms with Crippen LogP contribution in [0.4, 0.5) is 0 Å². The van der Waals surface area contributed by atoms with E-state index in [1.165, 1.54) is 6.20 Å². The molecule has 0 radical (unpaired) electrons. The molecule has 0 saturated carbocycles. The Balaban J connectivity index is 3.06. The molecule has 1 rings (SSSR count). The Bertz CT molecular complexity index is 492. The van der Waals surface area contributed by atoms with E-state index in [0.717, 1.165) is 4.57 Å². The minimum absolute atomic E-state index is 0.0685. The van der Waals surface area contributed by atoms with E-state index in [9.17, 15) is 14.4 Å². The fraction of sp³-hybridized carbons (Fsp3) is 0.286. The summed E-state index contributed by atoms with van der Waals surface area (Å²) >= 11 is 1.76. The largest absolute Gasteiger partial charge is 0.477 e. The van der Waals surface area contributed by atoms with E-state index in [1.54, 1.807) is 22.6 Å². The highest BCUT2D eigenvalue weighted by atomic mass is 127. The van der Waals surface area contributed by atoms with Gasteiger partial charge in [0.05, 0.1) is 10.1 Å². The number of carbonyl (C=O) groups is 1. The highest BCUT2D eigenvalue weighted by Gasteiger charge is 2.17. The third kappa shape index (κ3) is 2.89. The molecule has 8 heteroatoms. The van der Waals surface area contributed by atoms with E-state index in [-0.39, 0.29) is 6.54 Å². The molecule has 0 aliphatic carbocycles. The van der Waals surface area contributed by atoms with Crippen LogP contribution in [0.25, 0.3) is 0 Å². The molecule has 5 N–H and O–H groups in total. The van der Waals surface area contributed by atoms with Crippen LogP contribution in [-0.4, -0.2) is 26.7 Å². The van der Waals surface area contributed by atoms with Gasteiger partial charge >= 0.3 is 11.7 Å². The number of quaternary nitrogens is 1. The number of aliphatic carboxylic acids is 1. The Kier molecular flexibility index (Phi) is 3.63. The molecule has 0 bridgehead atoms. The van der Waals surface area contributed by atoms with Crippen molar-refractivity contribution < 1.29 is 15.6 Å². The fourth-order valence-corrected chi connectivity index (χ4v) is 1.40. The first-order valence-corrected chi connectivity index (χ1v) is 5.05. The van der Waals surface area contributed by atoms with E-state index in [2.05, 4.69) is 10.7 Å². The zero-order valence-corrected chi connectivity index (χ0v) is 9.72. The number of carboxylic acid groups (broad SMARTS) is 1. The number of halogens is 1. The summed E-state index contributed by atoms with van der Waals surface area (Å²) in [7, 11) is 0. The van der Waals surface area contributed by atoms with Crippen LogP contribution in [0.2, 0.25) is 0 Å². The van der Waals surface area contributed by atoms with Gasteiger partial charge in [-0.15, -0.1) is 0 Å². The Morgan fingerprint density at radius 3 is 2.80 bits per heavy atom. The van der Waals surface area contributed by atoms with Gasteiger partial charge in [0.2, 0.25) is 6.04 Å². The normalized spacial score (nSPS) is 12.4. The molecule has 0 saturated heterocycles. The summed E-state index contributed by atoms with van der Waals surface area (Å²) in [5, 5.41) is 8.61. The third-order valence-corrected chi connectivity index (χ3v) is 2.50. The first-order chi connectivity index (χ1) is 6.91. The molecular weight excluding hydrogens is 317 g/mol. The third-order valence-electron chi connectivity index (χ3n) is 1.73. The topological polar surface area (TPSA) is 120 Å². The molecular formula is C7H9IN3O4+. The summed E-state index contributed by atoms with van der Waals surface area (Å²) in [6, 6.07) is -0.926. The molecule has 0 aliphatic heterocycles. The van der Waals surface area contributed by atoms with Crippen LogP contribution in [0.1, 0.15) is 0 Å². The predicted molar refractivity (Wildman–Crippen MR) is 58.4 cm³/mol. The smallest absolute Gasteiger partial charge is 0.364 e. The van der Waals surface area contributed by atoms with Crippen LogP contribution in [0.3, 0.4) is 0 Å². The standard InChI is InChI=1S/C7H8IN3O4/c8-3-1-11(2-4(9)6(13)14)7(15)10-5(3)12/h1,4H,2,9H2,(H,13,14)(H,10,12,15)/p+1/t4-/m0/s1. The first-order valence-electron chi connectivity index (χ1n) is 3.97. The van der Waals surface area contributed by atoms with E-state index in [0.29, 0.717) is 3.57 Å². The lowest BCUT2D eigenvalue weighted by Crippen LogP contribution is -2.67. The van der Waals surface area contributed by atoms with Crippen molar-refractivity contribution in [3.05, 3.63) is 30.6 Å². The number of aromatic amines is 1. The summed E-state index contributed by atoms with van der Waals surface area (Å²) in [6.07, 6.45) is 1.31. The van der Waals surface area contributed by atoms with Gasteiger partial charge in [-0.25, -0.2) is 9.59 Å². The molecule has 1 atom stereocenters.